The number of benzene rings is 1. The molecule has 1 nitrogen and oxygen atoms in total. The van der Waals surface area contributed by atoms with Crippen molar-refractivity contribution in [2.45, 2.75) is 38.6 Å². The van der Waals surface area contributed by atoms with Gasteiger partial charge in [-0.2, -0.15) is 0 Å². The third-order valence-corrected chi connectivity index (χ3v) is 2.27. The molecule has 1 heteroatoms. The minimum atomic E-state index is 0.336. The Morgan fingerprint density at radius 2 is 1.92 bits per heavy atom. The predicted molar refractivity (Wildman–Crippen MR) is 57.6 cm³/mol. The molecule has 0 heterocycles. The molecule has 0 aliphatic carbocycles. The minimum absolute atomic E-state index is 0.336. The second-order valence-corrected chi connectivity index (χ2v) is 3.59. The van der Waals surface area contributed by atoms with Crippen LogP contribution >= 0.6 is 0 Å². The number of hydrogen-bond donors (Lipinski definition) is 1. The molecular formula is C12H19N. The Labute approximate surface area is 81.0 Å². The average Bonchev–Trinajstić information content (AvgIpc) is 2.16. The number of unbranched alkanes of at least 4 members (excludes halogenated alkanes) is 1. The lowest BCUT2D eigenvalue weighted by Gasteiger charge is -2.10. The van der Waals surface area contributed by atoms with Crippen LogP contribution in [0.3, 0.4) is 0 Å². The highest BCUT2D eigenvalue weighted by molar-refractivity contribution is 5.15. The Morgan fingerprint density at radius 1 is 1.23 bits per heavy atom. The summed E-state index contributed by atoms with van der Waals surface area (Å²) in [5.41, 5.74) is 7.34. The highest BCUT2D eigenvalue weighted by Gasteiger charge is 2.02. The molecule has 1 aromatic rings. The minimum Gasteiger partial charge on any atom is -0.327 e. The van der Waals surface area contributed by atoms with Crippen molar-refractivity contribution in [1.82, 2.24) is 0 Å². The van der Waals surface area contributed by atoms with Crippen molar-refractivity contribution in [3.8, 4) is 0 Å². The third kappa shape index (κ3) is 4.09. The van der Waals surface area contributed by atoms with E-state index in [0.717, 1.165) is 12.8 Å². The van der Waals surface area contributed by atoms with Gasteiger partial charge in [0.25, 0.3) is 0 Å². The first kappa shape index (κ1) is 10.3. The molecule has 0 aromatic heterocycles. The fraction of sp³-hybridized carbons (Fsp3) is 0.500. The SMILES string of the molecule is CCCC[C@@H](N)Cc1ccccc1. The Morgan fingerprint density at radius 3 is 2.54 bits per heavy atom. The maximum atomic E-state index is 5.99. The van der Waals surface area contributed by atoms with Gasteiger partial charge in [-0.1, -0.05) is 50.1 Å². The first-order valence-electron chi connectivity index (χ1n) is 5.12. The molecule has 72 valence electrons. The standard InChI is InChI=1S/C12H19N/c1-2-3-9-12(13)10-11-7-5-4-6-8-11/h4-8,12H,2-3,9-10,13H2,1H3/t12-/m1/s1. The van der Waals surface area contributed by atoms with E-state index in [1.54, 1.807) is 0 Å². The smallest absolute Gasteiger partial charge is 0.00793 e. The summed E-state index contributed by atoms with van der Waals surface area (Å²) in [5.74, 6) is 0. The molecule has 0 saturated heterocycles. The van der Waals surface area contributed by atoms with Crippen molar-refractivity contribution in [2.75, 3.05) is 0 Å². The second-order valence-electron chi connectivity index (χ2n) is 3.59. The molecule has 0 spiro atoms. The van der Waals surface area contributed by atoms with Crippen LogP contribution in [0.15, 0.2) is 30.3 Å². The largest absolute Gasteiger partial charge is 0.327 e. The molecule has 13 heavy (non-hydrogen) atoms. The maximum absolute atomic E-state index is 5.99. The van der Waals surface area contributed by atoms with Crippen LogP contribution in [0.2, 0.25) is 0 Å². The van der Waals surface area contributed by atoms with E-state index >= 15 is 0 Å². The van der Waals surface area contributed by atoms with E-state index in [-0.39, 0.29) is 0 Å². The molecule has 0 unspecified atom stereocenters. The molecule has 0 aliphatic rings. The van der Waals surface area contributed by atoms with Gasteiger partial charge >= 0.3 is 0 Å². The molecule has 1 aromatic carbocycles. The zero-order chi connectivity index (χ0) is 9.52. The Balaban J connectivity index is 2.32. The van der Waals surface area contributed by atoms with Crippen LogP contribution < -0.4 is 5.73 Å². The van der Waals surface area contributed by atoms with Gasteiger partial charge in [0, 0.05) is 6.04 Å². The van der Waals surface area contributed by atoms with E-state index in [1.165, 1.54) is 18.4 Å². The van der Waals surface area contributed by atoms with Crippen molar-refractivity contribution < 1.29 is 0 Å². The zero-order valence-electron chi connectivity index (χ0n) is 8.37. The van der Waals surface area contributed by atoms with Gasteiger partial charge in [-0.3, -0.25) is 0 Å². The van der Waals surface area contributed by atoms with Crippen LogP contribution in [-0.2, 0) is 6.42 Å². The Kier molecular flexibility index (Phi) is 4.55. The number of nitrogens with two attached hydrogens (primary N) is 1. The molecule has 0 fully saturated rings. The van der Waals surface area contributed by atoms with Gasteiger partial charge < -0.3 is 5.73 Å². The van der Waals surface area contributed by atoms with Gasteiger partial charge in [-0.05, 0) is 18.4 Å². The van der Waals surface area contributed by atoms with Crippen LogP contribution in [0.1, 0.15) is 31.7 Å². The van der Waals surface area contributed by atoms with E-state index < -0.39 is 0 Å². The lowest BCUT2D eigenvalue weighted by Crippen LogP contribution is -2.22. The zero-order valence-corrected chi connectivity index (χ0v) is 8.37. The maximum Gasteiger partial charge on any atom is 0.00793 e. The molecule has 1 atom stereocenters. The van der Waals surface area contributed by atoms with Crippen molar-refractivity contribution in [3.63, 3.8) is 0 Å². The van der Waals surface area contributed by atoms with Gasteiger partial charge in [0.2, 0.25) is 0 Å². The van der Waals surface area contributed by atoms with Crippen molar-refractivity contribution >= 4 is 0 Å². The van der Waals surface area contributed by atoms with E-state index in [1.807, 2.05) is 6.07 Å². The summed E-state index contributed by atoms with van der Waals surface area (Å²) in [5, 5.41) is 0. The highest BCUT2D eigenvalue weighted by Crippen LogP contribution is 2.06. The van der Waals surface area contributed by atoms with Gasteiger partial charge in [0.1, 0.15) is 0 Å². The van der Waals surface area contributed by atoms with Gasteiger partial charge in [0.05, 0.1) is 0 Å². The molecule has 0 bridgehead atoms. The molecule has 0 radical (unpaired) electrons. The topological polar surface area (TPSA) is 26.0 Å². The van der Waals surface area contributed by atoms with Crippen molar-refractivity contribution in [2.24, 2.45) is 5.73 Å². The summed E-state index contributed by atoms with van der Waals surface area (Å²) in [7, 11) is 0. The quantitative estimate of drug-likeness (QED) is 0.735. The number of hydrogen-bond acceptors (Lipinski definition) is 1. The molecule has 1 rings (SSSR count). The molecular weight excluding hydrogens is 158 g/mol. The number of rotatable bonds is 5. The normalized spacial score (nSPS) is 12.8. The molecule has 0 aliphatic heterocycles. The summed E-state index contributed by atoms with van der Waals surface area (Å²) in [4.78, 5) is 0. The van der Waals surface area contributed by atoms with Gasteiger partial charge in [-0.15, -0.1) is 0 Å². The van der Waals surface area contributed by atoms with E-state index in [4.69, 9.17) is 5.73 Å². The second kappa shape index (κ2) is 5.76. The fourth-order valence-electron chi connectivity index (χ4n) is 1.49. The summed E-state index contributed by atoms with van der Waals surface area (Å²) in [6.07, 6.45) is 4.64. The lowest BCUT2D eigenvalue weighted by atomic mass is 10.0. The van der Waals surface area contributed by atoms with Crippen LogP contribution in [0.5, 0.6) is 0 Å². The lowest BCUT2D eigenvalue weighted by molar-refractivity contribution is 0.574. The summed E-state index contributed by atoms with van der Waals surface area (Å²) in [6, 6.07) is 10.8. The van der Waals surface area contributed by atoms with Gasteiger partial charge in [-0.25, -0.2) is 0 Å². The summed E-state index contributed by atoms with van der Waals surface area (Å²) >= 11 is 0. The first-order valence-corrected chi connectivity index (χ1v) is 5.12. The monoisotopic (exact) mass is 177 g/mol. The molecule has 2 N–H and O–H groups in total. The van der Waals surface area contributed by atoms with E-state index in [9.17, 15) is 0 Å². The Hall–Kier alpha value is -0.820. The Bertz CT molecular complexity index is 218. The fourth-order valence-corrected chi connectivity index (χ4v) is 1.49. The third-order valence-electron chi connectivity index (χ3n) is 2.27. The highest BCUT2D eigenvalue weighted by atomic mass is 14.6. The molecule has 0 saturated carbocycles. The van der Waals surface area contributed by atoms with E-state index in [0.29, 0.717) is 6.04 Å². The van der Waals surface area contributed by atoms with Crippen LogP contribution in [-0.4, -0.2) is 6.04 Å². The summed E-state index contributed by atoms with van der Waals surface area (Å²) < 4.78 is 0. The van der Waals surface area contributed by atoms with Crippen LogP contribution in [0.25, 0.3) is 0 Å². The van der Waals surface area contributed by atoms with Crippen molar-refractivity contribution in [3.05, 3.63) is 35.9 Å². The van der Waals surface area contributed by atoms with Crippen molar-refractivity contribution in [1.29, 1.82) is 0 Å². The summed E-state index contributed by atoms with van der Waals surface area (Å²) in [6.45, 7) is 2.20. The van der Waals surface area contributed by atoms with Crippen LogP contribution in [0.4, 0.5) is 0 Å². The molecule has 0 amide bonds. The average molecular weight is 177 g/mol. The predicted octanol–water partition coefficient (Wildman–Crippen LogP) is 2.75. The van der Waals surface area contributed by atoms with E-state index in [2.05, 4.69) is 31.2 Å². The van der Waals surface area contributed by atoms with Crippen LogP contribution in [0, 0.1) is 0 Å². The first-order chi connectivity index (χ1) is 6.33. The van der Waals surface area contributed by atoms with Gasteiger partial charge in [0.15, 0.2) is 0 Å².